The molecule has 0 spiro atoms. The van der Waals surface area contributed by atoms with Gasteiger partial charge in [0, 0.05) is 45.0 Å². The highest BCUT2D eigenvalue weighted by Gasteiger charge is 2.26. The Morgan fingerprint density at radius 3 is 2.23 bits per heavy atom. The SMILES string of the molecule is C=Cc1c(C)/c2[nH]/c1=C\C1N=C(C=c3[nH]c(c(C(=O)O)c3C)=C(CC(=O)O)c3[nH]c(c(C)c3CCC(=O)O)\C=2)C(CC)=C1C. The minimum atomic E-state index is -1.20. The van der Waals surface area contributed by atoms with E-state index in [1.165, 1.54) is 0 Å². The number of aromatic amines is 3. The summed E-state index contributed by atoms with van der Waals surface area (Å²) in [6.45, 7) is 13.6. The van der Waals surface area contributed by atoms with E-state index in [9.17, 15) is 29.7 Å². The van der Waals surface area contributed by atoms with Crippen LogP contribution in [0.1, 0.15) is 82.7 Å². The highest BCUT2D eigenvalue weighted by Crippen LogP contribution is 2.29. The number of aromatic nitrogens is 3. The number of rotatable bonds is 8. The minimum absolute atomic E-state index is 0.0423. The van der Waals surface area contributed by atoms with Crippen LogP contribution in [0.5, 0.6) is 0 Å². The molecule has 5 heterocycles. The summed E-state index contributed by atoms with van der Waals surface area (Å²) in [6.07, 6.45) is 7.76. The highest BCUT2D eigenvalue weighted by atomic mass is 16.4. The lowest BCUT2D eigenvalue weighted by atomic mass is 9.97. The molecule has 0 aromatic carbocycles. The van der Waals surface area contributed by atoms with Crippen LogP contribution in [0.4, 0.5) is 0 Å². The standard InChI is InChI=1S/C34H36N4O6/c1-7-19-15(3)23-12-25-17(5)21(9-10-29(39)40)32(37-25)22(11-30(41)42)33-31(34(43)44)18(6)26(38-33)14-28-20(8-2)16(4)24(36-28)13-27(19)35-23/h7,12-14,24,35,37-38H,1,8-11H2,2-6H3,(H,39,40)(H,41,42)(H,43,44)/b23-12-,26-14?,27-13-,33-22?. The number of carbonyl (C=O) groups is 3. The summed E-state index contributed by atoms with van der Waals surface area (Å²) >= 11 is 0. The number of nitrogens with zero attached hydrogens (tertiary/aromatic N) is 1. The molecule has 0 aliphatic carbocycles. The van der Waals surface area contributed by atoms with Gasteiger partial charge in [0.15, 0.2) is 0 Å². The van der Waals surface area contributed by atoms with Crippen molar-refractivity contribution in [3.63, 3.8) is 0 Å². The van der Waals surface area contributed by atoms with Crippen LogP contribution >= 0.6 is 0 Å². The predicted molar refractivity (Wildman–Crippen MR) is 170 cm³/mol. The van der Waals surface area contributed by atoms with Crippen molar-refractivity contribution in [2.75, 3.05) is 0 Å². The van der Waals surface area contributed by atoms with E-state index in [2.05, 4.69) is 27.6 Å². The van der Waals surface area contributed by atoms with E-state index in [0.717, 1.165) is 44.2 Å². The van der Waals surface area contributed by atoms with Gasteiger partial charge in [0.1, 0.15) is 0 Å². The zero-order valence-corrected chi connectivity index (χ0v) is 25.4. The molecule has 2 aliphatic heterocycles. The van der Waals surface area contributed by atoms with Crippen molar-refractivity contribution in [1.29, 1.82) is 0 Å². The maximum Gasteiger partial charge on any atom is 0.338 e. The lowest BCUT2D eigenvalue weighted by molar-refractivity contribution is -0.137. The van der Waals surface area contributed by atoms with Crippen molar-refractivity contribution in [2.24, 2.45) is 4.99 Å². The maximum absolute atomic E-state index is 12.7. The molecule has 0 fully saturated rings. The van der Waals surface area contributed by atoms with Crippen molar-refractivity contribution in [3.05, 3.63) is 83.9 Å². The average molecular weight is 597 g/mol. The summed E-state index contributed by atoms with van der Waals surface area (Å²) in [6, 6.07) is -0.252. The Bertz CT molecular complexity index is 2080. The largest absolute Gasteiger partial charge is 0.481 e. The Morgan fingerprint density at radius 1 is 0.909 bits per heavy atom. The molecule has 6 N–H and O–H groups in total. The quantitative estimate of drug-likeness (QED) is 0.233. The van der Waals surface area contributed by atoms with Crippen LogP contribution in [0.3, 0.4) is 0 Å². The summed E-state index contributed by atoms with van der Waals surface area (Å²) in [7, 11) is 0. The van der Waals surface area contributed by atoms with Crippen LogP contribution in [0, 0.1) is 20.8 Å². The topological polar surface area (TPSA) is 172 Å². The number of nitrogens with one attached hydrogen (secondary N) is 3. The van der Waals surface area contributed by atoms with Gasteiger partial charge in [0.2, 0.25) is 0 Å². The Morgan fingerprint density at radius 2 is 1.61 bits per heavy atom. The Labute approximate surface area is 253 Å². The van der Waals surface area contributed by atoms with E-state index in [1.54, 1.807) is 13.0 Å². The fourth-order valence-corrected chi connectivity index (χ4v) is 6.39. The van der Waals surface area contributed by atoms with Gasteiger partial charge in [-0.1, -0.05) is 19.6 Å². The second-order valence-electron chi connectivity index (χ2n) is 11.3. The van der Waals surface area contributed by atoms with Gasteiger partial charge in [-0.3, -0.25) is 14.6 Å². The Kier molecular flexibility index (Phi) is 7.94. The van der Waals surface area contributed by atoms with Crippen LogP contribution < -0.4 is 21.4 Å². The first-order chi connectivity index (χ1) is 20.9. The normalized spacial score (nSPS) is 17.3. The molecule has 0 radical (unpaired) electrons. The molecule has 44 heavy (non-hydrogen) atoms. The number of hydrogen-bond donors (Lipinski definition) is 6. The third kappa shape index (κ3) is 5.16. The number of aliphatic carboxylic acids is 2. The lowest BCUT2D eigenvalue weighted by Gasteiger charge is -2.08. The van der Waals surface area contributed by atoms with Crippen LogP contribution in [0.2, 0.25) is 0 Å². The van der Waals surface area contributed by atoms with Crippen molar-refractivity contribution in [2.45, 2.75) is 66.3 Å². The van der Waals surface area contributed by atoms with Crippen LogP contribution in [0.25, 0.3) is 29.9 Å². The molecule has 1 atom stereocenters. The summed E-state index contributed by atoms with van der Waals surface area (Å²) in [5.41, 5.74) is 7.79. The van der Waals surface area contributed by atoms with Gasteiger partial charge in [-0.15, -0.1) is 0 Å². The van der Waals surface area contributed by atoms with Gasteiger partial charge in [0.05, 0.1) is 29.1 Å². The number of aromatic carboxylic acids is 1. The molecule has 2 aliphatic rings. The van der Waals surface area contributed by atoms with Gasteiger partial charge in [-0.25, -0.2) is 4.79 Å². The first kappa shape index (κ1) is 30.3. The number of fused-ring (bicyclic) bond motifs is 7. The number of allylic oxidation sites excluding steroid dienone is 1. The monoisotopic (exact) mass is 596 g/mol. The van der Waals surface area contributed by atoms with Crippen LogP contribution in [0.15, 0.2) is 22.7 Å². The first-order valence-electron chi connectivity index (χ1n) is 14.5. The summed E-state index contributed by atoms with van der Waals surface area (Å²) < 4.78 is 0. The fraction of sp³-hybridized carbons (Fsp3) is 0.294. The summed E-state index contributed by atoms with van der Waals surface area (Å²) in [5.74, 6) is -3.36. The third-order valence-corrected chi connectivity index (χ3v) is 8.77. The average Bonchev–Trinajstić information content (AvgIpc) is 3.63. The molecular formula is C34H36N4O6. The highest BCUT2D eigenvalue weighted by molar-refractivity contribution is 6.22. The van der Waals surface area contributed by atoms with Gasteiger partial charge in [-0.2, -0.15) is 0 Å². The van der Waals surface area contributed by atoms with Crippen molar-refractivity contribution >= 4 is 53.5 Å². The molecule has 5 rings (SSSR count). The number of carboxylic acid groups (broad SMARTS) is 3. The molecule has 3 aromatic rings. The maximum atomic E-state index is 12.7. The number of H-pyrrole nitrogens is 3. The van der Waals surface area contributed by atoms with Crippen LogP contribution in [-0.2, 0) is 16.0 Å². The smallest absolute Gasteiger partial charge is 0.338 e. The number of hydrogen-bond acceptors (Lipinski definition) is 4. The van der Waals surface area contributed by atoms with Gasteiger partial charge in [0.25, 0.3) is 0 Å². The zero-order chi connectivity index (χ0) is 32.0. The Hall–Kier alpha value is -5.12. The van der Waals surface area contributed by atoms with Crippen molar-refractivity contribution < 1.29 is 29.7 Å². The van der Waals surface area contributed by atoms with E-state index >= 15 is 0 Å². The van der Waals surface area contributed by atoms with E-state index in [-0.39, 0.29) is 35.4 Å². The predicted octanol–water partition coefficient (Wildman–Crippen LogP) is 2.58. The van der Waals surface area contributed by atoms with E-state index in [4.69, 9.17) is 4.99 Å². The van der Waals surface area contributed by atoms with Crippen LogP contribution in [-0.4, -0.2) is 59.9 Å². The summed E-state index contributed by atoms with van der Waals surface area (Å²) in [5, 5.41) is 32.2. The third-order valence-electron chi connectivity index (χ3n) is 8.77. The second kappa shape index (κ2) is 11.5. The van der Waals surface area contributed by atoms with Gasteiger partial charge < -0.3 is 30.3 Å². The number of carboxylic acids is 3. The molecule has 0 saturated carbocycles. The van der Waals surface area contributed by atoms with Gasteiger partial charge >= 0.3 is 17.9 Å². The van der Waals surface area contributed by atoms with E-state index in [0.29, 0.717) is 34.3 Å². The second-order valence-corrected chi connectivity index (χ2v) is 11.3. The lowest BCUT2D eigenvalue weighted by Crippen LogP contribution is -2.22. The molecule has 228 valence electrons. The zero-order valence-electron chi connectivity index (χ0n) is 25.4. The molecular weight excluding hydrogens is 560 g/mol. The number of aliphatic imine (C=N–C) groups is 1. The molecule has 8 bridgehead atoms. The van der Waals surface area contributed by atoms with Crippen molar-refractivity contribution in [3.8, 4) is 0 Å². The molecule has 10 nitrogen and oxygen atoms in total. The van der Waals surface area contributed by atoms with Crippen molar-refractivity contribution in [1.82, 2.24) is 15.0 Å². The van der Waals surface area contributed by atoms with E-state index in [1.807, 2.05) is 39.8 Å². The summed E-state index contributed by atoms with van der Waals surface area (Å²) in [4.78, 5) is 51.7. The first-order valence-corrected chi connectivity index (χ1v) is 14.5. The fourth-order valence-electron chi connectivity index (χ4n) is 6.39. The molecule has 10 heteroatoms. The molecule has 3 aromatic heterocycles. The van der Waals surface area contributed by atoms with Gasteiger partial charge in [-0.05, 0) is 92.2 Å². The minimum Gasteiger partial charge on any atom is -0.481 e. The molecule has 0 saturated heterocycles. The Balaban J connectivity index is 2.02. The molecule has 0 amide bonds. The molecule has 1 unspecified atom stereocenters. The van der Waals surface area contributed by atoms with E-state index < -0.39 is 24.3 Å².